The van der Waals surface area contributed by atoms with Gasteiger partial charge >= 0.3 is 17.8 Å². The van der Waals surface area contributed by atoms with Crippen LogP contribution in [0, 0.1) is 0 Å². The first kappa shape index (κ1) is 30.7. The number of fused-ring (bicyclic) bond motifs is 2. The van der Waals surface area contributed by atoms with Gasteiger partial charge in [0.2, 0.25) is 5.95 Å². The number of hydrogen-bond acceptors (Lipinski definition) is 13. The van der Waals surface area contributed by atoms with Gasteiger partial charge in [-0.05, 0) is 46.8 Å². The molecule has 4 atom stereocenters. The van der Waals surface area contributed by atoms with Crippen LogP contribution in [0.15, 0.2) is 40.6 Å². The Balaban J connectivity index is 1.32. The molecule has 1 unspecified atom stereocenters. The first-order valence-electron chi connectivity index (χ1n) is 13.7. The van der Waals surface area contributed by atoms with Gasteiger partial charge in [0.25, 0.3) is 5.56 Å². The summed E-state index contributed by atoms with van der Waals surface area (Å²) in [5, 5.41) is 0. The zero-order chi connectivity index (χ0) is 32.0. The number of ether oxygens (including phenoxy) is 5. The Kier molecular flexibility index (Phi) is 7.96. The molecule has 2 fully saturated rings. The quantitative estimate of drug-likeness (QED) is 0.159. The summed E-state index contributed by atoms with van der Waals surface area (Å²) >= 11 is 0. The van der Waals surface area contributed by atoms with Gasteiger partial charge < -0.3 is 29.4 Å². The third-order valence-corrected chi connectivity index (χ3v) is 6.59. The molecule has 3 aromatic rings. The average Bonchev–Trinajstić information content (AvgIpc) is 3.51. The topological polar surface area (TPSA) is 216 Å². The van der Waals surface area contributed by atoms with Gasteiger partial charge in [-0.15, -0.1) is 6.58 Å². The Hall–Kier alpha value is -4.74. The normalized spacial score (nSPS) is 22.4. The second-order valence-electron chi connectivity index (χ2n) is 11.6. The molecule has 2 aliphatic heterocycles. The fourth-order valence-electron chi connectivity index (χ4n) is 4.98. The molecular weight excluding hydrogens is 580 g/mol. The van der Waals surface area contributed by atoms with Crippen molar-refractivity contribution in [3.63, 3.8) is 0 Å². The van der Waals surface area contributed by atoms with Crippen LogP contribution in [0.25, 0.3) is 11.2 Å². The van der Waals surface area contributed by atoms with Gasteiger partial charge in [0.1, 0.15) is 36.3 Å². The number of hydrogen-bond donors (Lipinski definition) is 4. The van der Waals surface area contributed by atoms with E-state index in [9.17, 15) is 19.2 Å². The molecule has 0 saturated carbocycles. The van der Waals surface area contributed by atoms with Gasteiger partial charge in [-0.1, -0.05) is 6.08 Å². The van der Waals surface area contributed by atoms with E-state index in [1.807, 2.05) is 0 Å². The van der Waals surface area contributed by atoms with Crippen molar-refractivity contribution in [3.05, 3.63) is 57.4 Å². The SMILES string of the molecule is C=CCn1c(=O)n(C2O[C@H](COC(=O)c3ccc(NNC(=O)OC(C)(C)C)nc3)[C@H]3OC(C)(C)O[C@@H]23)c2nc(N)[nH]c(=O)c21. The minimum absolute atomic E-state index is 0.00580. The number of nitrogens with two attached hydrogens (primary N) is 1. The number of anilines is 2. The molecule has 5 N–H and O–H groups in total. The second kappa shape index (κ2) is 11.4. The number of nitrogens with one attached hydrogen (secondary N) is 3. The highest BCUT2D eigenvalue weighted by Crippen LogP contribution is 2.43. The number of nitrogen functional groups attached to an aromatic ring is 1. The Bertz CT molecular complexity index is 1700. The lowest BCUT2D eigenvalue weighted by Gasteiger charge is -2.24. The van der Waals surface area contributed by atoms with E-state index >= 15 is 0 Å². The van der Waals surface area contributed by atoms with Gasteiger partial charge in [0, 0.05) is 12.7 Å². The smallest absolute Gasteiger partial charge is 0.426 e. The minimum Gasteiger partial charge on any atom is -0.459 e. The second-order valence-corrected chi connectivity index (χ2v) is 11.6. The molecule has 236 valence electrons. The number of aromatic nitrogens is 5. The molecule has 17 nitrogen and oxygen atoms in total. The van der Waals surface area contributed by atoms with Crippen molar-refractivity contribution < 1.29 is 33.3 Å². The van der Waals surface area contributed by atoms with Crippen molar-refractivity contribution in [2.45, 2.75) is 77.1 Å². The maximum atomic E-state index is 13.5. The summed E-state index contributed by atoms with van der Waals surface area (Å²) in [5.41, 5.74) is 8.97. The molecule has 1 amide bonds. The highest BCUT2D eigenvalue weighted by molar-refractivity contribution is 5.89. The van der Waals surface area contributed by atoms with E-state index in [1.165, 1.54) is 33.5 Å². The fraction of sp³-hybridized carbons (Fsp3) is 0.481. The summed E-state index contributed by atoms with van der Waals surface area (Å²) in [7, 11) is 0. The van der Waals surface area contributed by atoms with Crippen molar-refractivity contribution in [1.29, 1.82) is 0 Å². The highest BCUT2D eigenvalue weighted by Gasteiger charge is 2.57. The lowest BCUT2D eigenvalue weighted by atomic mass is 10.1. The number of imidazole rings is 1. The first-order valence-corrected chi connectivity index (χ1v) is 13.7. The van der Waals surface area contributed by atoms with Crippen LogP contribution in [0.4, 0.5) is 16.6 Å². The summed E-state index contributed by atoms with van der Waals surface area (Å²) in [6.07, 6.45) is -1.47. The molecule has 3 aromatic heterocycles. The average molecular weight is 615 g/mol. The summed E-state index contributed by atoms with van der Waals surface area (Å²) in [5.74, 6) is -1.68. The van der Waals surface area contributed by atoms with E-state index in [4.69, 9.17) is 29.4 Å². The highest BCUT2D eigenvalue weighted by atomic mass is 16.8. The van der Waals surface area contributed by atoms with Crippen LogP contribution in [0.3, 0.4) is 0 Å². The number of H-pyrrole nitrogens is 1. The number of esters is 1. The lowest BCUT2D eigenvalue weighted by molar-refractivity contribution is -0.200. The van der Waals surface area contributed by atoms with Gasteiger partial charge in [0.05, 0.1) is 5.56 Å². The van der Waals surface area contributed by atoms with Gasteiger partial charge in [-0.3, -0.25) is 19.8 Å². The molecule has 5 rings (SSSR count). The first-order chi connectivity index (χ1) is 20.7. The summed E-state index contributed by atoms with van der Waals surface area (Å²) in [4.78, 5) is 61.7. The van der Waals surface area contributed by atoms with Crippen LogP contribution < -0.4 is 27.8 Å². The van der Waals surface area contributed by atoms with E-state index in [2.05, 4.69) is 32.4 Å². The number of hydrazine groups is 1. The van der Waals surface area contributed by atoms with E-state index in [0.29, 0.717) is 0 Å². The zero-order valence-corrected chi connectivity index (χ0v) is 24.8. The number of aromatic amines is 1. The molecule has 0 aromatic carbocycles. The van der Waals surface area contributed by atoms with Crippen molar-refractivity contribution in [2.75, 3.05) is 17.8 Å². The Morgan fingerprint density at radius 2 is 1.95 bits per heavy atom. The van der Waals surface area contributed by atoms with Crippen molar-refractivity contribution in [2.24, 2.45) is 0 Å². The van der Waals surface area contributed by atoms with Crippen molar-refractivity contribution >= 4 is 35.0 Å². The Morgan fingerprint density at radius 1 is 1.23 bits per heavy atom. The van der Waals surface area contributed by atoms with Crippen LogP contribution in [0.1, 0.15) is 51.2 Å². The number of carbonyl (C=O) groups is 2. The van der Waals surface area contributed by atoms with E-state index < -0.39 is 59.2 Å². The van der Waals surface area contributed by atoms with Crippen LogP contribution in [0.5, 0.6) is 0 Å². The molecular formula is C27H34N8O9. The van der Waals surface area contributed by atoms with Crippen LogP contribution in [-0.2, 0) is 30.2 Å². The molecule has 44 heavy (non-hydrogen) atoms. The number of carbonyl (C=O) groups excluding carboxylic acids is 2. The maximum Gasteiger partial charge on any atom is 0.426 e. The molecule has 2 aliphatic rings. The molecule has 2 saturated heterocycles. The molecule has 5 heterocycles. The number of amides is 1. The standard InChI is InChI=1S/C27H34N8O9/c1-7-10-34-16-19(30-23(28)31-20(16)36)35(25(34)39)21-18-17(42-27(5,6)43-18)14(41-21)12-40-22(37)13-8-9-15(29-11-13)32-33-24(38)44-26(2,3)4/h7-9,11,14,17-18,21H,1,10,12H2,2-6H3,(H,29,32)(H,33,38)(H3,28,30,31,36)/t14-,17-,18-,21?/m1/s1. The number of pyridine rings is 1. The van der Waals surface area contributed by atoms with Gasteiger partial charge in [-0.25, -0.2) is 29.4 Å². The van der Waals surface area contributed by atoms with E-state index in [0.717, 1.165) is 0 Å². The van der Waals surface area contributed by atoms with E-state index in [-0.39, 0.29) is 41.6 Å². The van der Waals surface area contributed by atoms with Gasteiger partial charge in [0.15, 0.2) is 23.2 Å². The maximum absolute atomic E-state index is 13.5. The zero-order valence-electron chi connectivity index (χ0n) is 24.8. The van der Waals surface area contributed by atoms with Gasteiger partial charge in [-0.2, -0.15) is 4.98 Å². The predicted octanol–water partition coefficient (Wildman–Crippen LogP) is 1.18. The predicted molar refractivity (Wildman–Crippen MR) is 154 cm³/mol. The molecule has 0 radical (unpaired) electrons. The van der Waals surface area contributed by atoms with Crippen LogP contribution >= 0.6 is 0 Å². The summed E-state index contributed by atoms with van der Waals surface area (Å²) < 4.78 is 31.4. The molecule has 0 spiro atoms. The third-order valence-electron chi connectivity index (χ3n) is 6.59. The Morgan fingerprint density at radius 3 is 2.61 bits per heavy atom. The number of rotatable bonds is 8. The summed E-state index contributed by atoms with van der Waals surface area (Å²) in [6.45, 7) is 12.0. The van der Waals surface area contributed by atoms with Crippen LogP contribution in [-0.4, -0.2) is 72.5 Å². The summed E-state index contributed by atoms with van der Waals surface area (Å²) in [6, 6.07) is 2.92. The Labute approximate surface area is 250 Å². The minimum atomic E-state index is -1.09. The van der Waals surface area contributed by atoms with E-state index in [1.54, 1.807) is 34.6 Å². The van der Waals surface area contributed by atoms with Crippen molar-refractivity contribution in [3.8, 4) is 0 Å². The van der Waals surface area contributed by atoms with Crippen LogP contribution in [0.2, 0.25) is 0 Å². The number of nitrogens with zero attached hydrogens (tertiary/aromatic N) is 4. The third kappa shape index (κ3) is 6.15. The molecule has 0 bridgehead atoms. The molecule has 17 heteroatoms. The molecule has 0 aliphatic carbocycles. The fourth-order valence-corrected chi connectivity index (χ4v) is 4.98. The number of allylic oxidation sites excluding steroid dienone is 1. The lowest BCUT2D eigenvalue weighted by Crippen LogP contribution is -2.36. The van der Waals surface area contributed by atoms with Crippen molar-refractivity contribution in [1.82, 2.24) is 29.5 Å². The monoisotopic (exact) mass is 614 g/mol. The largest absolute Gasteiger partial charge is 0.459 e.